The van der Waals surface area contributed by atoms with E-state index >= 15 is 0 Å². The van der Waals surface area contributed by atoms with E-state index in [2.05, 4.69) is 5.32 Å². The van der Waals surface area contributed by atoms with Gasteiger partial charge in [-0.05, 0) is 74.6 Å². The highest BCUT2D eigenvalue weighted by Crippen LogP contribution is 2.33. The monoisotopic (exact) mass is 418 g/mol. The van der Waals surface area contributed by atoms with Crippen LogP contribution < -0.4 is 5.32 Å². The van der Waals surface area contributed by atoms with Crippen LogP contribution >= 0.6 is 0 Å². The number of carbonyl (C=O) groups is 1. The van der Waals surface area contributed by atoms with Gasteiger partial charge in [0, 0.05) is 19.6 Å². The summed E-state index contributed by atoms with van der Waals surface area (Å²) in [6, 6.07) is 11.2. The smallest absolute Gasteiger partial charge is 0.243 e. The van der Waals surface area contributed by atoms with Crippen LogP contribution in [0.3, 0.4) is 0 Å². The molecular weight excluding hydrogens is 391 g/mol. The number of nitrogens with zero attached hydrogens (tertiary/aromatic N) is 1. The summed E-state index contributed by atoms with van der Waals surface area (Å²) in [5.41, 5.74) is 1.75. The van der Waals surface area contributed by atoms with Gasteiger partial charge >= 0.3 is 0 Å². The Morgan fingerprint density at radius 3 is 2.38 bits per heavy atom. The Morgan fingerprint density at radius 1 is 1.14 bits per heavy atom. The van der Waals surface area contributed by atoms with Gasteiger partial charge in [-0.3, -0.25) is 4.79 Å². The van der Waals surface area contributed by atoms with Crippen LogP contribution in [0.4, 0.5) is 4.39 Å². The van der Waals surface area contributed by atoms with E-state index in [-0.39, 0.29) is 29.7 Å². The maximum Gasteiger partial charge on any atom is 0.243 e. The Hall–Kier alpha value is -2.25. The Bertz CT molecular complexity index is 985. The summed E-state index contributed by atoms with van der Waals surface area (Å²) in [4.78, 5) is 13.1. The number of rotatable bonds is 5. The molecule has 2 aromatic carbocycles. The summed E-state index contributed by atoms with van der Waals surface area (Å²) in [6.07, 6.45) is 1.23. The van der Waals surface area contributed by atoms with Crippen LogP contribution in [0.1, 0.15) is 36.5 Å². The molecule has 1 aliphatic heterocycles. The van der Waals surface area contributed by atoms with Gasteiger partial charge in [0.1, 0.15) is 5.82 Å². The summed E-state index contributed by atoms with van der Waals surface area (Å²) < 4.78 is 40.8. The first-order valence-corrected chi connectivity index (χ1v) is 11.2. The van der Waals surface area contributed by atoms with Crippen molar-refractivity contribution in [3.05, 3.63) is 65.0 Å². The van der Waals surface area contributed by atoms with Gasteiger partial charge in [-0.1, -0.05) is 18.2 Å². The van der Waals surface area contributed by atoms with Crippen LogP contribution in [0.2, 0.25) is 0 Å². The third-order valence-electron chi connectivity index (χ3n) is 5.41. The Kier molecular flexibility index (Phi) is 6.10. The van der Waals surface area contributed by atoms with Crippen molar-refractivity contribution in [1.29, 1.82) is 0 Å². The molecule has 5 nitrogen and oxygen atoms in total. The molecule has 0 radical (unpaired) electrons. The molecule has 0 aromatic heterocycles. The van der Waals surface area contributed by atoms with E-state index in [9.17, 15) is 17.6 Å². The molecule has 1 aliphatic rings. The van der Waals surface area contributed by atoms with E-state index < -0.39 is 15.4 Å². The lowest BCUT2D eigenvalue weighted by molar-refractivity contribution is -0.132. The molecule has 2 aromatic rings. The average Bonchev–Trinajstić information content (AvgIpc) is 2.66. The molecule has 1 saturated heterocycles. The number of benzene rings is 2. The predicted molar refractivity (Wildman–Crippen MR) is 110 cm³/mol. The fourth-order valence-electron chi connectivity index (χ4n) is 3.81. The summed E-state index contributed by atoms with van der Waals surface area (Å²) >= 11 is 0. The van der Waals surface area contributed by atoms with Crippen LogP contribution in [0.25, 0.3) is 0 Å². The van der Waals surface area contributed by atoms with Gasteiger partial charge in [-0.25, -0.2) is 12.8 Å². The first-order valence-electron chi connectivity index (χ1n) is 9.71. The van der Waals surface area contributed by atoms with Crippen LogP contribution in [0, 0.1) is 25.1 Å². The number of carbonyl (C=O) groups excluding carboxylic acids is 1. The van der Waals surface area contributed by atoms with Gasteiger partial charge in [0.25, 0.3) is 0 Å². The van der Waals surface area contributed by atoms with Crippen molar-refractivity contribution >= 4 is 15.9 Å². The molecule has 1 atom stereocenters. The zero-order valence-corrected chi connectivity index (χ0v) is 17.9. The second kappa shape index (κ2) is 8.24. The van der Waals surface area contributed by atoms with E-state index in [1.807, 2.05) is 19.9 Å². The predicted octanol–water partition coefficient (Wildman–Crippen LogP) is 3.55. The summed E-state index contributed by atoms with van der Waals surface area (Å²) in [5, 5.41) is 2.88. The molecule has 29 heavy (non-hydrogen) atoms. The van der Waals surface area contributed by atoms with Crippen molar-refractivity contribution < 1.29 is 17.6 Å². The second-order valence-electron chi connectivity index (χ2n) is 8.14. The number of sulfonamides is 1. The lowest BCUT2D eigenvalue weighted by Gasteiger charge is -2.38. The van der Waals surface area contributed by atoms with Gasteiger partial charge in [-0.2, -0.15) is 4.31 Å². The number of hydrogen-bond acceptors (Lipinski definition) is 3. The molecule has 0 spiro atoms. The minimum atomic E-state index is -3.67. The lowest BCUT2D eigenvalue weighted by atomic mass is 9.82. The van der Waals surface area contributed by atoms with Gasteiger partial charge in [0.05, 0.1) is 10.3 Å². The molecule has 0 bridgehead atoms. The Balaban J connectivity index is 1.74. The standard InChI is InChI=1S/C22H27FN2O3S/c1-16-11-17(2)13-20(12-16)29(27,28)25-10-4-9-22(3,15-25)21(26)24-14-18-5-7-19(23)8-6-18/h5-8,11-13H,4,9-10,14-15H2,1-3H3,(H,24,26). The molecule has 0 aliphatic carbocycles. The van der Waals surface area contributed by atoms with E-state index in [0.717, 1.165) is 16.7 Å². The summed E-state index contributed by atoms with van der Waals surface area (Å²) in [7, 11) is -3.67. The van der Waals surface area contributed by atoms with Crippen molar-refractivity contribution in [2.45, 2.75) is 45.1 Å². The first-order chi connectivity index (χ1) is 13.6. The maximum atomic E-state index is 13.2. The molecular formula is C22H27FN2O3S. The number of piperidine rings is 1. The number of aryl methyl sites for hydroxylation is 2. The number of nitrogens with one attached hydrogen (secondary N) is 1. The molecule has 156 valence electrons. The highest BCUT2D eigenvalue weighted by molar-refractivity contribution is 7.89. The van der Waals surface area contributed by atoms with Crippen molar-refractivity contribution in [2.24, 2.45) is 5.41 Å². The zero-order chi connectivity index (χ0) is 21.2. The quantitative estimate of drug-likeness (QED) is 0.808. The Labute approximate surface area is 172 Å². The molecule has 1 amide bonds. The molecule has 1 fully saturated rings. The largest absolute Gasteiger partial charge is 0.352 e. The fourth-order valence-corrected chi connectivity index (χ4v) is 5.60. The highest BCUT2D eigenvalue weighted by Gasteiger charge is 2.41. The van der Waals surface area contributed by atoms with E-state index in [1.165, 1.54) is 16.4 Å². The molecule has 3 rings (SSSR count). The number of hydrogen-bond donors (Lipinski definition) is 1. The average molecular weight is 419 g/mol. The summed E-state index contributed by atoms with van der Waals surface area (Å²) in [5.74, 6) is -0.520. The number of halogens is 1. The minimum Gasteiger partial charge on any atom is -0.352 e. The van der Waals surface area contributed by atoms with E-state index in [1.54, 1.807) is 31.2 Å². The van der Waals surface area contributed by atoms with Gasteiger partial charge in [-0.15, -0.1) is 0 Å². The van der Waals surface area contributed by atoms with Crippen LogP contribution in [0.5, 0.6) is 0 Å². The van der Waals surface area contributed by atoms with Crippen molar-refractivity contribution in [2.75, 3.05) is 13.1 Å². The van der Waals surface area contributed by atoms with E-state index in [4.69, 9.17) is 0 Å². The first kappa shape index (κ1) is 21.5. The van der Waals surface area contributed by atoms with Gasteiger partial charge in [0.2, 0.25) is 15.9 Å². The van der Waals surface area contributed by atoms with Gasteiger partial charge in [0.15, 0.2) is 0 Å². The Morgan fingerprint density at radius 2 is 1.76 bits per heavy atom. The van der Waals surface area contributed by atoms with E-state index in [0.29, 0.717) is 19.4 Å². The minimum absolute atomic E-state index is 0.136. The molecule has 1 heterocycles. The lowest BCUT2D eigenvalue weighted by Crippen LogP contribution is -2.51. The molecule has 7 heteroatoms. The topological polar surface area (TPSA) is 66.5 Å². The van der Waals surface area contributed by atoms with Crippen molar-refractivity contribution in [3.63, 3.8) is 0 Å². The second-order valence-corrected chi connectivity index (χ2v) is 10.1. The molecule has 0 saturated carbocycles. The highest BCUT2D eigenvalue weighted by atomic mass is 32.2. The third kappa shape index (κ3) is 4.85. The maximum absolute atomic E-state index is 13.2. The van der Waals surface area contributed by atoms with Crippen LogP contribution in [-0.4, -0.2) is 31.7 Å². The van der Waals surface area contributed by atoms with Gasteiger partial charge < -0.3 is 5.32 Å². The van der Waals surface area contributed by atoms with Crippen LogP contribution in [-0.2, 0) is 21.4 Å². The third-order valence-corrected chi connectivity index (χ3v) is 7.23. The normalized spacial score (nSPS) is 20.4. The van der Waals surface area contributed by atoms with Crippen molar-refractivity contribution in [3.8, 4) is 0 Å². The molecule has 1 unspecified atom stereocenters. The van der Waals surface area contributed by atoms with Crippen molar-refractivity contribution in [1.82, 2.24) is 9.62 Å². The summed E-state index contributed by atoms with van der Waals surface area (Å²) in [6.45, 7) is 6.35. The van der Waals surface area contributed by atoms with Crippen LogP contribution in [0.15, 0.2) is 47.4 Å². The zero-order valence-electron chi connectivity index (χ0n) is 17.0. The number of amides is 1. The molecule has 1 N–H and O–H groups in total. The SMILES string of the molecule is Cc1cc(C)cc(S(=O)(=O)N2CCCC(C)(C(=O)NCc3ccc(F)cc3)C2)c1. The fraction of sp³-hybridized carbons (Fsp3) is 0.409.